The highest BCUT2D eigenvalue weighted by Gasteiger charge is 2.15. The Labute approximate surface area is 126 Å². The molecule has 1 N–H and O–H groups in total. The van der Waals surface area contributed by atoms with Gasteiger partial charge in [-0.05, 0) is 37.0 Å². The zero-order valence-corrected chi connectivity index (χ0v) is 13.2. The molecule has 0 spiro atoms. The number of hydrogen-bond donors (Lipinski definition) is 1. The summed E-state index contributed by atoms with van der Waals surface area (Å²) < 4.78 is 36.9. The Balaban J connectivity index is 1.78. The molecule has 1 unspecified atom stereocenters. The van der Waals surface area contributed by atoms with E-state index in [1.165, 1.54) is 0 Å². The number of rotatable bonds is 8. The smallest absolute Gasteiger partial charge is 0.211 e. The molecule has 0 aliphatic carbocycles. The highest BCUT2D eigenvalue weighted by Crippen LogP contribution is 2.16. The van der Waals surface area contributed by atoms with Gasteiger partial charge in [-0.25, -0.2) is 13.1 Å². The van der Waals surface area contributed by atoms with Crippen molar-refractivity contribution in [3.8, 4) is 5.75 Å². The molecule has 0 amide bonds. The van der Waals surface area contributed by atoms with E-state index in [2.05, 4.69) is 4.72 Å². The predicted octanol–water partition coefficient (Wildman–Crippen LogP) is 2.07. The number of nitrogens with one attached hydrogen (secondary N) is 1. The zero-order chi connectivity index (χ0) is 15.1. The molecule has 0 aromatic heterocycles. The Morgan fingerprint density at radius 2 is 2.10 bits per heavy atom. The number of hydrogen-bond acceptors (Lipinski definition) is 4. The monoisotopic (exact) mass is 313 g/mol. The molecule has 5 nitrogen and oxygen atoms in total. The van der Waals surface area contributed by atoms with Crippen LogP contribution >= 0.6 is 0 Å². The van der Waals surface area contributed by atoms with Crippen LogP contribution in [0.15, 0.2) is 24.3 Å². The van der Waals surface area contributed by atoms with Crippen molar-refractivity contribution in [2.45, 2.75) is 38.8 Å². The van der Waals surface area contributed by atoms with Gasteiger partial charge >= 0.3 is 0 Å². The molecule has 118 valence electrons. The molecule has 6 heteroatoms. The van der Waals surface area contributed by atoms with Gasteiger partial charge in [-0.1, -0.05) is 19.1 Å². The van der Waals surface area contributed by atoms with Gasteiger partial charge in [0.1, 0.15) is 12.4 Å². The van der Waals surface area contributed by atoms with Crippen molar-refractivity contribution in [1.29, 1.82) is 0 Å². The van der Waals surface area contributed by atoms with Gasteiger partial charge < -0.3 is 9.47 Å². The predicted molar refractivity (Wildman–Crippen MR) is 81.8 cm³/mol. The largest absolute Gasteiger partial charge is 0.491 e. The first-order valence-corrected chi connectivity index (χ1v) is 9.05. The summed E-state index contributed by atoms with van der Waals surface area (Å²) in [5, 5.41) is 0. The van der Waals surface area contributed by atoms with Crippen LogP contribution in [-0.4, -0.2) is 33.5 Å². The Kier molecular flexibility index (Phi) is 6.02. The fourth-order valence-corrected chi connectivity index (χ4v) is 3.27. The third-order valence-electron chi connectivity index (χ3n) is 3.35. The quantitative estimate of drug-likeness (QED) is 0.798. The first-order chi connectivity index (χ1) is 10.1. The summed E-state index contributed by atoms with van der Waals surface area (Å²) in [7, 11) is -3.16. The fourth-order valence-electron chi connectivity index (χ4n) is 2.20. The number of sulfonamides is 1. The second-order valence-corrected chi connectivity index (χ2v) is 7.16. The molecule has 1 saturated heterocycles. The lowest BCUT2D eigenvalue weighted by molar-refractivity contribution is 0.0679. The summed E-state index contributed by atoms with van der Waals surface area (Å²) in [6.45, 7) is 3.56. The third kappa shape index (κ3) is 5.65. The van der Waals surface area contributed by atoms with Crippen molar-refractivity contribution >= 4 is 10.0 Å². The average Bonchev–Trinajstić information content (AvgIpc) is 2.97. The lowest BCUT2D eigenvalue weighted by Crippen LogP contribution is -2.25. The van der Waals surface area contributed by atoms with Gasteiger partial charge in [-0.3, -0.25) is 0 Å². The maximum Gasteiger partial charge on any atom is 0.211 e. The van der Waals surface area contributed by atoms with Crippen molar-refractivity contribution in [1.82, 2.24) is 4.72 Å². The van der Waals surface area contributed by atoms with E-state index in [1.807, 2.05) is 31.2 Å². The molecule has 1 aliphatic heterocycles. The molecule has 2 rings (SSSR count). The minimum absolute atomic E-state index is 0.162. The average molecular weight is 313 g/mol. The van der Waals surface area contributed by atoms with Crippen molar-refractivity contribution in [2.24, 2.45) is 0 Å². The summed E-state index contributed by atoms with van der Waals surface area (Å²) in [5.41, 5.74) is 0.916. The highest BCUT2D eigenvalue weighted by atomic mass is 32.2. The van der Waals surface area contributed by atoms with Crippen molar-refractivity contribution in [3.63, 3.8) is 0 Å². The van der Waals surface area contributed by atoms with E-state index < -0.39 is 10.0 Å². The molecule has 1 fully saturated rings. The van der Waals surface area contributed by atoms with E-state index in [0.717, 1.165) is 30.8 Å². The molecular weight excluding hydrogens is 290 g/mol. The fraction of sp³-hybridized carbons (Fsp3) is 0.600. The van der Waals surface area contributed by atoms with Crippen molar-refractivity contribution in [2.75, 3.05) is 19.0 Å². The molecular formula is C15H23NO4S. The summed E-state index contributed by atoms with van der Waals surface area (Å²) in [4.78, 5) is 0. The highest BCUT2D eigenvalue weighted by molar-refractivity contribution is 7.89. The van der Waals surface area contributed by atoms with E-state index in [0.29, 0.717) is 19.6 Å². The summed E-state index contributed by atoms with van der Waals surface area (Å²) in [5.74, 6) is 0.945. The van der Waals surface area contributed by atoms with E-state index in [-0.39, 0.29) is 11.9 Å². The van der Waals surface area contributed by atoms with E-state index >= 15 is 0 Å². The molecule has 1 aromatic carbocycles. The SMILES string of the molecule is CCCS(=O)(=O)NCc1ccc(OCC2CCCO2)cc1. The van der Waals surface area contributed by atoms with E-state index in [9.17, 15) is 8.42 Å². The minimum Gasteiger partial charge on any atom is -0.491 e. The van der Waals surface area contributed by atoms with Crippen LogP contribution in [0.2, 0.25) is 0 Å². The minimum atomic E-state index is -3.16. The van der Waals surface area contributed by atoms with Crippen LogP contribution in [-0.2, 0) is 21.3 Å². The second-order valence-electron chi connectivity index (χ2n) is 5.23. The maximum atomic E-state index is 11.6. The first kappa shape index (κ1) is 16.3. The van der Waals surface area contributed by atoms with Crippen molar-refractivity contribution in [3.05, 3.63) is 29.8 Å². The van der Waals surface area contributed by atoms with Gasteiger partial charge in [0.2, 0.25) is 10.0 Å². The molecule has 0 radical (unpaired) electrons. The van der Waals surface area contributed by atoms with E-state index in [4.69, 9.17) is 9.47 Å². The van der Waals surface area contributed by atoms with Gasteiger partial charge in [0.05, 0.1) is 11.9 Å². The molecule has 1 atom stereocenters. The Morgan fingerprint density at radius 1 is 1.33 bits per heavy atom. The van der Waals surface area contributed by atoms with Crippen LogP contribution in [0.5, 0.6) is 5.75 Å². The summed E-state index contributed by atoms with van der Waals surface area (Å²) in [6.07, 6.45) is 2.97. The summed E-state index contributed by atoms with van der Waals surface area (Å²) >= 11 is 0. The van der Waals surface area contributed by atoms with Crippen molar-refractivity contribution < 1.29 is 17.9 Å². The van der Waals surface area contributed by atoms with Crippen LogP contribution < -0.4 is 9.46 Å². The molecule has 1 aromatic rings. The van der Waals surface area contributed by atoms with Gasteiger partial charge in [0, 0.05) is 13.2 Å². The molecule has 0 saturated carbocycles. The summed E-state index contributed by atoms with van der Waals surface area (Å²) in [6, 6.07) is 7.47. The lowest BCUT2D eigenvalue weighted by atomic mass is 10.2. The molecule has 0 bridgehead atoms. The Bertz CT molecular complexity index is 521. The molecule has 1 aliphatic rings. The molecule has 1 heterocycles. The first-order valence-electron chi connectivity index (χ1n) is 7.40. The zero-order valence-electron chi connectivity index (χ0n) is 12.4. The van der Waals surface area contributed by atoms with Crippen LogP contribution in [0.3, 0.4) is 0 Å². The standard InChI is InChI=1S/C15H23NO4S/c1-2-10-21(17,18)16-11-13-5-7-14(8-6-13)20-12-15-4-3-9-19-15/h5-8,15-16H,2-4,9-12H2,1H3. The Hall–Kier alpha value is -1.11. The molecule has 21 heavy (non-hydrogen) atoms. The van der Waals surface area contributed by atoms with Crippen LogP contribution in [0, 0.1) is 0 Å². The van der Waals surface area contributed by atoms with Gasteiger partial charge in [0.15, 0.2) is 0 Å². The van der Waals surface area contributed by atoms with Crippen LogP contribution in [0.1, 0.15) is 31.7 Å². The van der Waals surface area contributed by atoms with E-state index in [1.54, 1.807) is 0 Å². The van der Waals surface area contributed by atoms with Crippen LogP contribution in [0.25, 0.3) is 0 Å². The normalized spacial score (nSPS) is 18.8. The third-order valence-corrected chi connectivity index (χ3v) is 4.88. The lowest BCUT2D eigenvalue weighted by Gasteiger charge is -2.12. The van der Waals surface area contributed by atoms with Gasteiger partial charge in [-0.2, -0.15) is 0 Å². The van der Waals surface area contributed by atoms with Crippen LogP contribution in [0.4, 0.5) is 0 Å². The second kappa shape index (κ2) is 7.77. The Morgan fingerprint density at radius 3 is 2.71 bits per heavy atom. The van der Waals surface area contributed by atoms with Gasteiger partial charge in [-0.15, -0.1) is 0 Å². The topological polar surface area (TPSA) is 64.6 Å². The number of ether oxygens (including phenoxy) is 2. The maximum absolute atomic E-state index is 11.6. The van der Waals surface area contributed by atoms with Gasteiger partial charge in [0.25, 0.3) is 0 Å². The number of benzene rings is 1.